The molecule has 0 radical (unpaired) electrons. The summed E-state index contributed by atoms with van der Waals surface area (Å²) in [5.74, 6) is 1.59. The summed E-state index contributed by atoms with van der Waals surface area (Å²) < 4.78 is 5.75. The molecule has 24 heavy (non-hydrogen) atoms. The summed E-state index contributed by atoms with van der Waals surface area (Å²) in [5, 5.41) is 3.21. The Morgan fingerprint density at radius 3 is 2.79 bits per heavy atom. The van der Waals surface area contributed by atoms with Crippen molar-refractivity contribution >= 4 is 11.7 Å². The predicted molar refractivity (Wildman–Crippen MR) is 92.5 cm³/mol. The maximum Gasteiger partial charge on any atom is 0.322 e. The van der Waals surface area contributed by atoms with Gasteiger partial charge in [0.2, 0.25) is 0 Å². The molecule has 1 atom stereocenters. The molecule has 0 spiro atoms. The zero-order valence-corrected chi connectivity index (χ0v) is 13.5. The Kier molecular flexibility index (Phi) is 3.05. The van der Waals surface area contributed by atoms with Crippen LogP contribution in [0.2, 0.25) is 0 Å². The molecule has 1 saturated carbocycles. The van der Waals surface area contributed by atoms with E-state index in [1.165, 1.54) is 24.0 Å². The number of rotatable bonds is 3. The van der Waals surface area contributed by atoms with Gasteiger partial charge in [0.1, 0.15) is 5.75 Å². The Morgan fingerprint density at radius 1 is 1.17 bits per heavy atom. The number of carbonyl (C=O) groups excluding carboxylic acids is 1. The van der Waals surface area contributed by atoms with Crippen molar-refractivity contribution in [2.24, 2.45) is 5.92 Å². The van der Waals surface area contributed by atoms with E-state index < -0.39 is 0 Å². The summed E-state index contributed by atoms with van der Waals surface area (Å²) in [5.41, 5.74) is 4.57. The number of fused-ring (bicyclic) bond motifs is 2. The minimum Gasteiger partial charge on any atom is -0.493 e. The molecular formula is C20H20N2O2. The number of hydrogen-bond donors (Lipinski definition) is 1. The molecule has 2 aromatic carbocycles. The third-order valence-corrected chi connectivity index (χ3v) is 5.22. The molecule has 0 aromatic heterocycles. The monoisotopic (exact) mass is 320 g/mol. The SMILES string of the molecule is O=C1NC(c2ccccc2)c2cc3c(cc2N1CC1CC1)OCC3. The largest absolute Gasteiger partial charge is 0.493 e. The van der Waals surface area contributed by atoms with E-state index >= 15 is 0 Å². The molecule has 5 rings (SSSR count). The van der Waals surface area contributed by atoms with Crippen LogP contribution in [0.3, 0.4) is 0 Å². The normalized spacial score (nSPS) is 21.8. The van der Waals surface area contributed by atoms with E-state index in [1.54, 1.807) is 0 Å². The molecule has 0 bridgehead atoms. The van der Waals surface area contributed by atoms with Gasteiger partial charge in [0.25, 0.3) is 0 Å². The van der Waals surface area contributed by atoms with Gasteiger partial charge in [-0.15, -0.1) is 0 Å². The summed E-state index contributed by atoms with van der Waals surface area (Å²) in [6, 6.07) is 14.4. The fraction of sp³-hybridized carbons (Fsp3) is 0.350. The van der Waals surface area contributed by atoms with E-state index in [0.717, 1.165) is 36.6 Å². The lowest BCUT2D eigenvalue weighted by molar-refractivity contribution is 0.242. The Labute approximate surface area is 141 Å². The fourth-order valence-electron chi connectivity index (χ4n) is 3.74. The Bertz CT molecular complexity index is 799. The maximum atomic E-state index is 12.8. The highest BCUT2D eigenvalue weighted by Gasteiger charge is 2.36. The highest BCUT2D eigenvalue weighted by molar-refractivity contribution is 5.96. The summed E-state index contributed by atoms with van der Waals surface area (Å²) in [4.78, 5) is 14.7. The molecule has 0 saturated heterocycles. The van der Waals surface area contributed by atoms with Gasteiger partial charge in [-0.2, -0.15) is 0 Å². The fourth-order valence-corrected chi connectivity index (χ4v) is 3.74. The molecule has 1 fully saturated rings. The predicted octanol–water partition coefficient (Wildman–Crippen LogP) is 3.65. The first-order valence-electron chi connectivity index (χ1n) is 8.72. The average Bonchev–Trinajstić information content (AvgIpc) is 3.32. The van der Waals surface area contributed by atoms with Crippen molar-refractivity contribution in [2.45, 2.75) is 25.3 Å². The first kappa shape index (κ1) is 13.9. The van der Waals surface area contributed by atoms with Crippen molar-refractivity contribution in [3.05, 3.63) is 59.2 Å². The smallest absolute Gasteiger partial charge is 0.322 e. The highest BCUT2D eigenvalue weighted by Crippen LogP contribution is 2.42. The number of ether oxygens (including phenoxy) is 1. The van der Waals surface area contributed by atoms with Gasteiger partial charge in [-0.05, 0) is 36.0 Å². The van der Waals surface area contributed by atoms with Crippen LogP contribution in [0.1, 0.15) is 35.6 Å². The second-order valence-electron chi connectivity index (χ2n) is 6.96. The molecule has 3 aliphatic rings. The lowest BCUT2D eigenvalue weighted by Crippen LogP contribution is -2.47. The third kappa shape index (κ3) is 2.25. The quantitative estimate of drug-likeness (QED) is 0.938. The van der Waals surface area contributed by atoms with Gasteiger partial charge in [-0.25, -0.2) is 4.79 Å². The molecule has 2 amide bonds. The summed E-state index contributed by atoms with van der Waals surface area (Å²) in [7, 11) is 0. The number of nitrogens with zero attached hydrogens (tertiary/aromatic N) is 1. The minimum absolute atomic E-state index is 0.00111. The van der Waals surface area contributed by atoms with Gasteiger partial charge < -0.3 is 10.1 Å². The number of benzene rings is 2. The molecule has 1 aliphatic carbocycles. The second-order valence-corrected chi connectivity index (χ2v) is 6.96. The first-order chi connectivity index (χ1) is 11.8. The van der Waals surface area contributed by atoms with Crippen molar-refractivity contribution in [1.82, 2.24) is 5.32 Å². The van der Waals surface area contributed by atoms with Gasteiger partial charge in [-0.3, -0.25) is 4.90 Å². The lowest BCUT2D eigenvalue weighted by Gasteiger charge is -2.36. The second kappa shape index (κ2) is 5.26. The molecule has 1 unspecified atom stereocenters. The number of nitrogens with one attached hydrogen (secondary N) is 1. The van der Waals surface area contributed by atoms with Crippen LogP contribution in [-0.2, 0) is 6.42 Å². The van der Waals surface area contributed by atoms with Crippen LogP contribution >= 0.6 is 0 Å². The van der Waals surface area contributed by atoms with Gasteiger partial charge >= 0.3 is 6.03 Å². The number of anilines is 1. The zero-order chi connectivity index (χ0) is 16.1. The third-order valence-electron chi connectivity index (χ3n) is 5.22. The topological polar surface area (TPSA) is 41.6 Å². The van der Waals surface area contributed by atoms with Gasteiger partial charge in [0, 0.05) is 24.6 Å². The molecule has 2 aliphatic heterocycles. The average molecular weight is 320 g/mol. The molecule has 4 heteroatoms. The van der Waals surface area contributed by atoms with Gasteiger partial charge in [0.15, 0.2) is 0 Å². The lowest BCUT2D eigenvalue weighted by atomic mass is 9.92. The van der Waals surface area contributed by atoms with Crippen molar-refractivity contribution in [3.63, 3.8) is 0 Å². The van der Waals surface area contributed by atoms with Crippen molar-refractivity contribution in [3.8, 4) is 5.75 Å². The molecule has 122 valence electrons. The van der Waals surface area contributed by atoms with Crippen LogP contribution in [0.15, 0.2) is 42.5 Å². The first-order valence-corrected chi connectivity index (χ1v) is 8.72. The minimum atomic E-state index is -0.0879. The summed E-state index contributed by atoms with van der Waals surface area (Å²) in [6.07, 6.45) is 3.39. The van der Waals surface area contributed by atoms with Crippen LogP contribution < -0.4 is 15.0 Å². The Balaban J connectivity index is 1.63. The Hall–Kier alpha value is -2.49. The summed E-state index contributed by atoms with van der Waals surface area (Å²) in [6.45, 7) is 1.54. The molecule has 1 N–H and O–H groups in total. The molecular weight excluding hydrogens is 300 g/mol. The van der Waals surface area contributed by atoms with Crippen LogP contribution in [0.4, 0.5) is 10.5 Å². The van der Waals surface area contributed by atoms with Gasteiger partial charge in [-0.1, -0.05) is 30.3 Å². The standard InChI is InChI=1S/C20H20N2O2/c23-20-21-19(14-4-2-1-3-5-14)16-10-15-8-9-24-18(15)11-17(16)22(20)12-13-6-7-13/h1-5,10-11,13,19H,6-9,12H2,(H,21,23). The molecule has 2 aromatic rings. The van der Waals surface area contributed by atoms with Crippen LogP contribution in [0, 0.1) is 5.92 Å². The van der Waals surface area contributed by atoms with Crippen LogP contribution in [-0.4, -0.2) is 19.2 Å². The van der Waals surface area contributed by atoms with Crippen molar-refractivity contribution in [1.29, 1.82) is 0 Å². The highest BCUT2D eigenvalue weighted by atomic mass is 16.5. The number of amides is 2. The van der Waals surface area contributed by atoms with E-state index in [4.69, 9.17) is 4.74 Å². The van der Waals surface area contributed by atoms with Crippen LogP contribution in [0.25, 0.3) is 0 Å². The van der Waals surface area contributed by atoms with Gasteiger partial charge in [0.05, 0.1) is 18.3 Å². The number of urea groups is 1. The van der Waals surface area contributed by atoms with E-state index in [0.29, 0.717) is 5.92 Å². The maximum absolute atomic E-state index is 12.8. The van der Waals surface area contributed by atoms with E-state index in [1.807, 2.05) is 23.1 Å². The van der Waals surface area contributed by atoms with Crippen molar-refractivity contribution < 1.29 is 9.53 Å². The molecule has 2 heterocycles. The zero-order valence-electron chi connectivity index (χ0n) is 13.5. The van der Waals surface area contributed by atoms with E-state index in [9.17, 15) is 4.79 Å². The van der Waals surface area contributed by atoms with Crippen LogP contribution in [0.5, 0.6) is 5.75 Å². The number of carbonyl (C=O) groups is 1. The number of hydrogen-bond acceptors (Lipinski definition) is 2. The molecule has 4 nitrogen and oxygen atoms in total. The summed E-state index contributed by atoms with van der Waals surface area (Å²) >= 11 is 0. The Morgan fingerprint density at radius 2 is 2.00 bits per heavy atom. The van der Waals surface area contributed by atoms with E-state index in [2.05, 4.69) is 29.6 Å². The van der Waals surface area contributed by atoms with E-state index in [-0.39, 0.29) is 12.1 Å². The van der Waals surface area contributed by atoms with Crippen molar-refractivity contribution in [2.75, 3.05) is 18.1 Å².